The average molecular weight is 124 g/mol. The van der Waals surface area contributed by atoms with Crippen molar-refractivity contribution in [3.63, 3.8) is 0 Å². The molecule has 0 saturated heterocycles. The first-order valence-electron chi connectivity index (χ1n) is 3.42. The van der Waals surface area contributed by atoms with Crippen LogP contribution in [0.25, 0.3) is 0 Å². The van der Waals surface area contributed by atoms with Crippen LogP contribution < -0.4 is 0 Å². The smallest absolute Gasteiger partial charge is 0.0865 e. The summed E-state index contributed by atoms with van der Waals surface area (Å²) in [5, 5.41) is 8.31. The van der Waals surface area contributed by atoms with E-state index in [0.717, 1.165) is 0 Å². The monoisotopic (exact) mass is 124 g/mol. The number of nitrogens with zero attached hydrogens (tertiary/aromatic N) is 2. The first kappa shape index (κ1) is 6.57. The molecule has 0 N–H and O–H groups in total. The van der Waals surface area contributed by atoms with Crippen molar-refractivity contribution in [2.75, 3.05) is 13.6 Å². The molecule has 0 aliphatic heterocycles. The summed E-state index contributed by atoms with van der Waals surface area (Å²) in [6.07, 6.45) is 3.93. The average Bonchev–Trinajstić information content (AvgIpc) is 1.60. The fourth-order valence-corrected chi connectivity index (χ4v) is 1.07. The maximum atomic E-state index is 8.31. The molecule has 0 bridgehead atoms. The molecule has 0 unspecified atom stereocenters. The van der Waals surface area contributed by atoms with E-state index >= 15 is 0 Å². The van der Waals surface area contributed by atoms with Gasteiger partial charge in [0.1, 0.15) is 0 Å². The highest BCUT2D eigenvalue weighted by Crippen LogP contribution is 2.22. The topological polar surface area (TPSA) is 27.0 Å². The summed E-state index contributed by atoms with van der Waals surface area (Å²) in [5.74, 6) is 0. The Labute approximate surface area is 56.1 Å². The Morgan fingerprint density at radius 3 is 2.67 bits per heavy atom. The van der Waals surface area contributed by atoms with Crippen LogP contribution in [0.2, 0.25) is 0 Å². The van der Waals surface area contributed by atoms with E-state index in [2.05, 4.69) is 11.0 Å². The van der Waals surface area contributed by atoms with Gasteiger partial charge in [-0.3, -0.25) is 4.90 Å². The van der Waals surface area contributed by atoms with E-state index in [-0.39, 0.29) is 0 Å². The molecule has 0 spiro atoms. The summed E-state index contributed by atoms with van der Waals surface area (Å²) in [4.78, 5) is 2.13. The van der Waals surface area contributed by atoms with Crippen LogP contribution in [0.15, 0.2) is 0 Å². The molecule has 0 heterocycles. The van der Waals surface area contributed by atoms with Gasteiger partial charge in [-0.25, -0.2) is 0 Å². The minimum atomic E-state index is 0.588. The van der Waals surface area contributed by atoms with E-state index in [0.29, 0.717) is 12.6 Å². The largest absolute Gasteiger partial charge is 0.291 e. The predicted octanol–water partition coefficient (Wildman–Crippen LogP) is 0.994. The molecule has 1 aliphatic carbocycles. The molecule has 1 saturated carbocycles. The Kier molecular flexibility index (Phi) is 2.07. The minimum absolute atomic E-state index is 0.588. The summed E-state index contributed by atoms with van der Waals surface area (Å²) in [6.45, 7) is 0.588. The Hall–Kier alpha value is -0.550. The lowest BCUT2D eigenvalue weighted by Crippen LogP contribution is -2.37. The van der Waals surface area contributed by atoms with E-state index in [1.807, 2.05) is 7.05 Å². The van der Waals surface area contributed by atoms with Gasteiger partial charge in [0.25, 0.3) is 0 Å². The van der Waals surface area contributed by atoms with Gasteiger partial charge in [-0.15, -0.1) is 0 Å². The molecule has 1 rings (SSSR count). The Bertz CT molecular complexity index is 121. The number of nitriles is 1. The fraction of sp³-hybridized carbons (Fsp3) is 0.857. The van der Waals surface area contributed by atoms with Crippen molar-refractivity contribution in [1.29, 1.82) is 5.26 Å². The molecular formula is C7H12N2. The molecule has 2 nitrogen and oxygen atoms in total. The Balaban J connectivity index is 2.17. The second kappa shape index (κ2) is 2.84. The van der Waals surface area contributed by atoms with Crippen molar-refractivity contribution in [3.8, 4) is 6.07 Å². The van der Waals surface area contributed by atoms with Crippen LogP contribution in [0.1, 0.15) is 19.3 Å². The predicted molar refractivity (Wildman–Crippen MR) is 35.9 cm³/mol. The van der Waals surface area contributed by atoms with Crippen LogP contribution in [0.5, 0.6) is 0 Å². The molecule has 0 aromatic carbocycles. The quantitative estimate of drug-likeness (QED) is 0.513. The highest BCUT2D eigenvalue weighted by molar-refractivity contribution is 4.83. The molecular weight excluding hydrogens is 112 g/mol. The third-order valence-electron chi connectivity index (χ3n) is 2.02. The zero-order chi connectivity index (χ0) is 6.69. The van der Waals surface area contributed by atoms with Gasteiger partial charge in [0, 0.05) is 6.04 Å². The Morgan fingerprint density at radius 1 is 1.67 bits per heavy atom. The highest BCUT2D eigenvalue weighted by Gasteiger charge is 2.20. The zero-order valence-electron chi connectivity index (χ0n) is 5.80. The molecule has 0 atom stereocenters. The first-order chi connectivity index (χ1) is 4.34. The van der Waals surface area contributed by atoms with Crippen LogP contribution in [-0.2, 0) is 0 Å². The lowest BCUT2D eigenvalue weighted by molar-refractivity contribution is 0.177. The van der Waals surface area contributed by atoms with Crippen molar-refractivity contribution in [3.05, 3.63) is 0 Å². The second-order valence-electron chi connectivity index (χ2n) is 2.66. The number of hydrogen-bond acceptors (Lipinski definition) is 2. The third kappa shape index (κ3) is 1.43. The summed E-state index contributed by atoms with van der Waals surface area (Å²) in [7, 11) is 2.02. The number of hydrogen-bond donors (Lipinski definition) is 0. The fourth-order valence-electron chi connectivity index (χ4n) is 1.07. The standard InChI is InChI=1S/C7H12N2/c1-9(6-5-8)7-3-2-4-7/h7H,2-4,6H2,1H3. The van der Waals surface area contributed by atoms with Crippen molar-refractivity contribution in [2.24, 2.45) is 0 Å². The van der Waals surface area contributed by atoms with Gasteiger partial charge >= 0.3 is 0 Å². The van der Waals surface area contributed by atoms with Gasteiger partial charge in [-0.1, -0.05) is 6.42 Å². The highest BCUT2D eigenvalue weighted by atomic mass is 15.1. The second-order valence-corrected chi connectivity index (χ2v) is 2.66. The van der Waals surface area contributed by atoms with Gasteiger partial charge in [-0.05, 0) is 19.9 Å². The molecule has 2 heteroatoms. The van der Waals surface area contributed by atoms with Crippen molar-refractivity contribution >= 4 is 0 Å². The normalized spacial score (nSPS) is 19.2. The SMILES string of the molecule is CN(CC#N)C1CCC1. The van der Waals surface area contributed by atoms with Gasteiger partial charge in [0.05, 0.1) is 12.6 Å². The van der Waals surface area contributed by atoms with Crippen LogP contribution in [0.4, 0.5) is 0 Å². The van der Waals surface area contributed by atoms with Gasteiger partial charge in [-0.2, -0.15) is 5.26 Å². The summed E-state index contributed by atoms with van der Waals surface area (Å²) >= 11 is 0. The molecule has 0 amide bonds. The van der Waals surface area contributed by atoms with Gasteiger partial charge in [0.2, 0.25) is 0 Å². The molecule has 9 heavy (non-hydrogen) atoms. The maximum absolute atomic E-state index is 8.31. The minimum Gasteiger partial charge on any atom is -0.291 e. The van der Waals surface area contributed by atoms with Crippen LogP contribution in [0, 0.1) is 11.3 Å². The molecule has 50 valence electrons. The third-order valence-corrected chi connectivity index (χ3v) is 2.02. The molecule has 1 fully saturated rings. The van der Waals surface area contributed by atoms with Crippen molar-refractivity contribution in [1.82, 2.24) is 4.90 Å². The molecule has 0 radical (unpaired) electrons. The van der Waals surface area contributed by atoms with Crippen molar-refractivity contribution < 1.29 is 0 Å². The van der Waals surface area contributed by atoms with Crippen molar-refractivity contribution in [2.45, 2.75) is 25.3 Å². The lowest BCUT2D eigenvalue weighted by Gasteiger charge is -2.32. The van der Waals surface area contributed by atoms with E-state index < -0.39 is 0 Å². The molecule has 1 aliphatic rings. The summed E-state index contributed by atoms with van der Waals surface area (Å²) in [5.41, 5.74) is 0. The molecule has 0 aromatic heterocycles. The summed E-state index contributed by atoms with van der Waals surface area (Å²) in [6, 6.07) is 2.86. The van der Waals surface area contributed by atoms with E-state index in [1.165, 1.54) is 19.3 Å². The maximum Gasteiger partial charge on any atom is 0.0865 e. The van der Waals surface area contributed by atoms with E-state index in [1.54, 1.807) is 0 Å². The molecule has 0 aromatic rings. The first-order valence-corrected chi connectivity index (χ1v) is 3.42. The lowest BCUT2D eigenvalue weighted by atomic mass is 9.92. The van der Waals surface area contributed by atoms with Crippen LogP contribution in [0.3, 0.4) is 0 Å². The summed E-state index contributed by atoms with van der Waals surface area (Å²) < 4.78 is 0. The van der Waals surface area contributed by atoms with Gasteiger partial charge in [0.15, 0.2) is 0 Å². The van der Waals surface area contributed by atoms with E-state index in [9.17, 15) is 0 Å². The van der Waals surface area contributed by atoms with Crippen LogP contribution >= 0.6 is 0 Å². The van der Waals surface area contributed by atoms with Gasteiger partial charge < -0.3 is 0 Å². The van der Waals surface area contributed by atoms with Crippen LogP contribution in [-0.4, -0.2) is 24.5 Å². The Morgan fingerprint density at radius 2 is 2.33 bits per heavy atom. The number of rotatable bonds is 2. The van der Waals surface area contributed by atoms with E-state index in [4.69, 9.17) is 5.26 Å². The zero-order valence-corrected chi connectivity index (χ0v) is 5.80.